The second kappa shape index (κ2) is 7.61. The van der Waals surface area contributed by atoms with Crippen LogP contribution in [0.5, 0.6) is 5.75 Å². The molecule has 114 valence electrons. The SMILES string of the molecule is CC(C)c1ccc(C(C#N)CCOc2ccc(F)cc2)cc1. The Hall–Kier alpha value is -2.34. The van der Waals surface area contributed by atoms with E-state index < -0.39 is 0 Å². The summed E-state index contributed by atoms with van der Waals surface area (Å²) >= 11 is 0. The van der Waals surface area contributed by atoms with Crippen LogP contribution in [0.3, 0.4) is 0 Å². The highest BCUT2D eigenvalue weighted by Crippen LogP contribution is 2.22. The van der Waals surface area contributed by atoms with Crippen molar-refractivity contribution in [3.63, 3.8) is 0 Å². The summed E-state index contributed by atoms with van der Waals surface area (Å²) in [6, 6.07) is 16.4. The molecule has 0 N–H and O–H groups in total. The first kappa shape index (κ1) is 16.0. The van der Waals surface area contributed by atoms with E-state index in [1.807, 2.05) is 12.1 Å². The molecule has 3 heteroatoms. The van der Waals surface area contributed by atoms with Crippen LogP contribution in [-0.2, 0) is 0 Å². The normalized spacial score (nSPS) is 12.0. The summed E-state index contributed by atoms with van der Waals surface area (Å²) in [5.41, 5.74) is 2.28. The molecule has 1 atom stereocenters. The first-order valence-corrected chi connectivity index (χ1v) is 7.48. The van der Waals surface area contributed by atoms with Crippen LogP contribution in [-0.4, -0.2) is 6.61 Å². The lowest BCUT2D eigenvalue weighted by Gasteiger charge is -2.12. The average molecular weight is 297 g/mol. The van der Waals surface area contributed by atoms with E-state index >= 15 is 0 Å². The van der Waals surface area contributed by atoms with Crippen LogP contribution in [0.4, 0.5) is 4.39 Å². The number of hydrogen-bond acceptors (Lipinski definition) is 2. The monoisotopic (exact) mass is 297 g/mol. The summed E-state index contributed by atoms with van der Waals surface area (Å²) in [6.45, 7) is 4.72. The molecule has 2 nitrogen and oxygen atoms in total. The number of halogens is 1. The minimum atomic E-state index is -0.285. The summed E-state index contributed by atoms with van der Waals surface area (Å²) in [6.07, 6.45) is 0.606. The predicted octanol–water partition coefficient (Wildman–Crippen LogP) is 5.03. The van der Waals surface area contributed by atoms with Gasteiger partial charge in [0.05, 0.1) is 18.6 Å². The summed E-state index contributed by atoms with van der Waals surface area (Å²) in [5, 5.41) is 9.34. The summed E-state index contributed by atoms with van der Waals surface area (Å²) in [5.74, 6) is 0.624. The lowest BCUT2D eigenvalue weighted by atomic mass is 9.94. The second-order valence-corrected chi connectivity index (χ2v) is 5.59. The van der Waals surface area contributed by atoms with Crippen molar-refractivity contribution in [1.82, 2.24) is 0 Å². The van der Waals surface area contributed by atoms with Gasteiger partial charge in [0.1, 0.15) is 11.6 Å². The van der Waals surface area contributed by atoms with Crippen LogP contribution in [0.15, 0.2) is 48.5 Å². The average Bonchev–Trinajstić information content (AvgIpc) is 2.53. The van der Waals surface area contributed by atoms with Crippen molar-refractivity contribution in [2.24, 2.45) is 0 Å². The van der Waals surface area contributed by atoms with Gasteiger partial charge in [-0.1, -0.05) is 38.1 Å². The Morgan fingerprint density at radius 3 is 2.14 bits per heavy atom. The molecule has 2 rings (SSSR count). The smallest absolute Gasteiger partial charge is 0.123 e. The van der Waals surface area contributed by atoms with Gasteiger partial charge in [-0.25, -0.2) is 4.39 Å². The minimum Gasteiger partial charge on any atom is -0.494 e. The van der Waals surface area contributed by atoms with E-state index in [0.717, 1.165) is 5.56 Å². The molecular weight excluding hydrogens is 277 g/mol. The van der Waals surface area contributed by atoms with E-state index in [1.165, 1.54) is 17.7 Å². The van der Waals surface area contributed by atoms with E-state index in [9.17, 15) is 9.65 Å². The summed E-state index contributed by atoms with van der Waals surface area (Å²) in [4.78, 5) is 0. The maximum Gasteiger partial charge on any atom is 0.123 e. The van der Waals surface area contributed by atoms with Gasteiger partial charge in [-0.3, -0.25) is 0 Å². The van der Waals surface area contributed by atoms with Gasteiger partial charge in [-0.05, 0) is 41.3 Å². The van der Waals surface area contributed by atoms with Crippen molar-refractivity contribution in [2.45, 2.75) is 32.1 Å². The van der Waals surface area contributed by atoms with Gasteiger partial charge in [-0.15, -0.1) is 0 Å². The number of benzene rings is 2. The third-order valence-corrected chi connectivity index (χ3v) is 3.65. The lowest BCUT2D eigenvalue weighted by Crippen LogP contribution is -2.05. The van der Waals surface area contributed by atoms with Gasteiger partial charge in [0.25, 0.3) is 0 Å². The van der Waals surface area contributed by atoms with E-state index in [-0.39, 0.29) is 11.7 Å². The van der Waals surface area contributed by atoms with E-state index in [0.29, 0.717) is 24.7 Å². The van der Waals surface area contributed by atoms with Crippen LogP contribution < -0.4 is 4.74 Å². The molecule has 0 spiro atoms. The third-order valence-electron chi connectivity index (χ3n) is 3.65. The van der Waals surface area contributed by atoms with Crippen molar-refractivity contribution >= 4 is 0 Å². The van der Waals surface area contributed by atoms with Gasteiger partial charge < -0.3 is 4.74 Å². The topological polar surface area (TPSA) is 33.0 Å². The van der Waals surface area contributed by atoms with E-state index in [1.54, 1.807) is 12.1 Å². The van der Waals surface area contributed by atoms with Gasteiger partial charge >= 0.3 is 0 Å². The Morgan fingerprint density at radius 1 is 1.00 bits per heavy atom. The zero-order valence-electron chi connectivity index (χ0n) is 12.9. The van der Waals surface area contributed by atoms with Gasteiger partial charge in [-0.2, -0.15) is 5.26 Å². The predicted molar refractivity (Wildman–Crippen MR) is 85.4 cm³/mol. The Kier molecular flexibility index (Phi) is 5.55. The maximum absolute atomic E-state index is 12.8. The fraction of sp³-hybridized carbons (Fsp3) is 0.316. The Balaban J connectivity index is 1.92. The largest absolute Gasteiger partial charge is 0.494 e. The highest BCUT2D eigenvalue weighted by molar-refractivity contribution is 5.30. The molecule has 1 unspecified atom stereocenters. The van der Waals surface area contributed by atoms with Crippen molar-refractivity contribution < 1.29 is 9.13 Å². The Labute approximate surface area is 131 Å². The van der Waals surface area contributed by atoms with Crippen molar-refractivity contribution in [3.8, 4) is 11.8 Å². The van der Waals surface area contributed by atoms with Gasteiger partial charge in [0.2, 0.25) is 0 Å². The number of nitriles is 1. The molecule has 2 aromatic rings. The van der Waals surface area contributed by atoms with E-state index in [2.05, 4.69) is 32.0 Å². The highest BCUT2D eigenvalue weighted by atomic mass is 19.1. The van der Waals surface area contributed by atoms with Gasteiger partial charge in [0.15, 0.2) is 0 Å². The second-order valence-electron chi connectivity index (χ2n) is 5.59. The molecule has 2 aromatic carbocycles. The van der Waals surface area contributed by atoms with Gasteiger partial charge in [0, 0.05) is 6.42 Å². The fourth-order valence-corrected chi connectivity index (χ4v) is 2.24. The minimum absolute atomic E-state index is 0.193. The Bertz CT molecular complexity index is 626. The third kappa shape index (κ3) is 4.33. The van der Waals surface area contributed by atoms with Crippen LogP contribution in [0.25, 0.3) is 0 Å². The molecule has 0 saturated carbocycles. The maximum atomic E-state index is 12.8. The first-order valence-electron chi connectivity index (χ1n) is 7.48. The van der Waals surface area contributed by atoms with Crippen LogP contribution in [0, 0.1) is 17.1 Å². The zero-order valence-corrected chi connectivity index (χ0v) is 12.9. The molecule has 0 radical (unpaired) electrons. The number of hydrogen-bond donors (Lipinski definition) is 0. The Morgan fingerprint density at radius 2 is 1.59 bits per heavy atom. The molecular formula is C19H20FNO. The molecule has 0 amide bonds. The molecule has 0 aromatic heterocycles. The zero-order chi connectivity index (χ0) is 15.9. The molecule has 0 aliphatic carbocycles. The summed E-state index contributed by atoms with van der Waals surface area (Å²) in [7, 11) is 0. The molecule has 0 fully saturated rings. The highest BCUT2D eigenvalue weighted by Gasteiger charge is 2.11. The number of rotatable bonds is 6. The van der Waals surface area contributed by atoms with Crippen molar-refractivity contribution in [2.75, 3.05) is 6.61 Å². The molecule has 22 heavy (non-hydrogen) atoms. The van der Waals surface area contributed by atoms with Crippen LogP contribution in [0.1, 0.15) is 43.2 Å². The molecule has 0 aliphatic rings. The summed E-state index contributed by atoms with van der Waals surface area (Å²) < 4.78 is 18.4. The molecule has 0 aliphatic heterocycles. The number of nitrogens with zero attached hydrogens (tertiary/aromatic N) is 1. The standard InChI is InChI=1S/C19H20FNO/c1-14(2)15-3-5-16(6-4-15)17(13-21)11-12-22-19-9-7-18(20)8-10-19/h3-10,14,17H,11-12H2,1-2H3. The molecule has 0 saturated heterocycles. The van der Waals surface area contributed by atoms with E-state index in [4.69, 9.17) is 4.74 Å². The molecule has 0 bridgehead atoms. The van der Waals surface area contributed by atoms with Crippen LogP contribution in [0.2, 0.25) is 0 Å². The first-order chi connectivity index (χ1) is 10.6. The molecule has 0 heterocycles. The van der Waals surface area contributed by atoms with Crippen molar-refractivity contribution in [1.29, 1.82) is 5.26 Å². The quantitative estimate of drug-likeness (QED) is 0.749. The lowest BCUT2D eigenvalue weighted by molar-refractivity contribution is 0.305. The number of ether oxygens (including phenoxy) is 1. The fourth-order valence-electron chi connectivity index (χ4n) is 2.24. The van der Waals surface area contributed by atoms with Crippen molar-refractivity contribution in [3.05, 3.63) is 65.5 Å². The van der Waals surface area contributed by atoms with Crippen LogP contribution >= 0.6 is 0 Å².